The summed E-state index contributed by atoms with van der Waals surface area (Å²) in [7, 11) is 0. The second-order valence-electron chi connectivity index (χ2n) is 6.63. The van der Waals surface area contributed by atoms with Crippen LogP contribution in [0.2, 0.25) is 0 Å². The third-order valence-corrected chi connectivity index (χ3v) is 4.70. The normalized spacial score (nSPS) is 11.0. The van der Waals surface area contributed by atoms with Crippen molar-refractivity contribution in [3.8, 4) is 16.9 Å². The summed E-state index contributed by atoms with van der Waals surface area (Å²) >= 11 is 0. The molecule has 0 saturated heterocycles. The average molecular weight is 390 g/mol. The van der Waals surface area contributed by atoms with Crippen LogP contribution in [-0.4, -0.2) is 20.3 Å². The van der Waals surface area contributed by atoms with Crippen molar-refractivity contribution in [3.05, 3.63) is 94.3 Å². The van der Waals surface area contributed by atoms with Crippen molar-refractivity contribution in [2.24, 2.45) is 0 Å². The Morgan fingerprint density at radius 3 is 2.48 bits per heavy atom. The molecule has 6 nitrogen and oxygen atoms in total. The molecule has 0 radical (unpaired) electrons. The summed E-state index contributed by atoms with van der Waals surface area (Å²) in [6, 6.07) is 15.0. The topological polar surface area (TPSA) is 68.9 Å². The van der Waals surface area contributed by atoms with Crippen molar-refractivity contribution >= 4 is 5.91 Å². The fraction of sp³-hybridized carbons (Fsp3) is 0.136. The molecule has 2 aromatic carbocycles. The molecule has 0 saturated carbocycles. The highest BCUT2D eigenvalue weighted by molar-refractivity contribution is 5.99. The highest BCUT2D eigenvalue weighted by Crippen LogP contribution is 2.22. The molecule has 146 valence electrons. The molecule has 1 amide bonds. The Hall–Kier alpha value is -3.74. The lowest BCUT2D eigenvalue weighted by molar-refractivity contribution is 0.0950. The Morgan fingerprint density at radius 2 is 1.79 bits per heavy atom. The van der Waals surface area contributed by atoms with Gasteiger partial charge in [0.15, 0.2) is 0 Å². The summed E-state index contributed by atoms with van der Waals surface area (Å²) < 4.78 is 16.2. The number of aromatic nitrogens is 3. The van der Waals surface area contributed by atoms with Gasteiger partial charge in [-0.05, 0) is 36.8 Å². The summed E-state index contributed by atoms with van der Waals surface area (Å²) in [4.78, 5) is 25.8. The molecule has 7 heteroatoms. The number of aryl methyl sites for hydroxylation is 1. The van der Waals surface area contributed by atoms with Crippen LogP contribution in [0, 0.1) is 5.82 Å². The van der Waals surface area contributed by atoms with E-state index in [-0.39, 0.29) is 23.8 Å². The van der Waals surface area contributed by atoms with E-state index in [9.17, 15) is 14.0 Å². The van der Waals surface area contributed by atoms with Crippen LogP contribution in [0.5, 0.6) is 0 Å². The highest BCUT2D eigenvalue weighted by Gasteiger charge is 2.24. The lowest BCUT2D eigenvalue weighted by atomic mass is 10.1. The molecule has 0 bridgehead atoms. The Kier molecular flexibility index (Phi) is 4.95. The van der Waals surface area contributed by atoms with Gasteiger partial charge in [-0.1, -0.05) is 30.3 Å². The van der Waals surface area contributed by atoms with Gasteiger partial charge in [0.2, 0.25) is 0 Å². The van der Waals surface area contributed by atoms with Crippen LogP contribution in [-0.2, 0) is 13.1 Å². The number of hydrogen-bond acceptors (Lipinski definition) is 3. The molecule has 0 aliphatic carbocycles. The first kappa shape index (κ1) is 18.6. The lowest BCUT2D eigenvalue weighted by Crippen LogP contribution is -2.25. The largest absolute Gasteiger partial charge is 0.353 e. The Balaban J connectivity index is 1.72. The number of fused-ring (bicyclic) bond motifs is 1. The number of carbonyl (C=O) groups is 1. The van der Waals surface area contributed by atoms with Crippen molar-refractivity contribution in [2.45, 2.75) is 20.0 Å². The van der Waals surface area contributed by atoms with Gasteiger partial charge in [0.05, 0.1) is 16.8 Å². The third-order valence-electron chi connectivity index (χ3n) is 4.70. The van der Waals surface area contributed by atoms with Crippen LogP contribution in [0.25, 0.3) is 16.9 Å². The molecule has 0 unspecified atom stereocenters. The van der Waals surface area contributed by atoms with Crippen LogP contribution in [0.1, 0.15) is 22.8 Å². The third kappa shape index (κ3) is 3.67. The summed E-state index contributed by atoms with van der Waals surface area (Å²) in [6.07, 6.45) is 3.39. The number of rotatable bonds is 5. The second kappa shape index (κ2) is 7.71. The number of nitrogens with zero attached hydrogens (tertiary/aromatic N) is 3. The number of para-hydroxylation sites is 1. The van der Waals surface area contributed by atoms with Crippen molar-refractivity contribution < 1.29 is 9.18 Å². The maximum atomic E-state index is 13.1. The molecule has 2 aromatic rings. The minimum Gasteiger partial charge on any atom is -0.353 e. The zero-order valence-corrected chi connectivity index (χ0v) is 15.8. The van der Waals surface area contributed by atoms with Crippen molar-refractivity contribution in [3.63, 3.8) is 0 Å². The molecule has 0 fully saturated rings. The van der Waals surface area contributed by atoms with Crippen molar-refractivity contribution in [1.82, 2.24) is 19.7 Å². The van der Waals surface area contributed by atoms with E-state index in [0.717, 1.165) is 5.56 Å². The maximum absolute atomic E-state index is 13.1. The number of pyridine rings is 1. The predicted molar refractivity (Wildman–Crippen MR) is 108 cm³/mol. The van der Waals surface area contributed by atoms with Crippen LogP contribution < -0.4 is 10.9 Å². The quantitative estimate of drug-likeness (QED) is 0.569. The molecule has 29 heavy (non-hydrogen) atoms. The van der Waals surface area contributed by atoms with E-state index in [0.29, 0.717) is 29.1 Å². The minimum absolute atomic E-state index is 0.241. The fourth-order valence-electron chi connectivity index (χ4n) is 3.13. The standard InChI is InChI=1S/C22H19FN4O2/c1-2-26-13-18(21(28)24-12-15-8-10-16(23)11-9-15)20-19(14-26)22(29)27(25-20)17-6-4-3-5-7-17/h3-11,13-14H,2,12H2,1H3,(H,24,28). The van der Waals surface area contributed by atoms with Gasteiger partial charge in [0.1, 0.15) is 11.5 Å². The molecule has 2 aliphatic rings. The monoisotopic (exact) mass is 390 g/mol. The summed E-state index contributed by atoms with van der Waals surface area (Å²) in [5.41, 5.74) is 2.18. The van der Waals surface area contributed by atoms with Gasteiger partial charge >= 0.3 is 0 Å². The van der Waals surface area contributed by atoms with Gasteiger partial charge < -0.3 is 9.88 Å². The Labute approximate surface area is 166 Å². The first-order valence-corrected chi connectivity index (χ1v) is 9.27. The minimum atomic E-state index is -0.347. The number of nitrogens with one attached hydrogen (secondary N) is 1. The highest BCUT2D eigenvalue weighted by atomic mass is 19.1. The average Bonchev–Trinajstić information content (AvgIpc) is 3.09. The van der Waals surface area contributed by atoms with Gasteiger partial charge in [-0.15, -0.1) is 0 Å². The van der Waals surface area contributed by atoms with E-state index >= 15 is 0 Å². The zero-order valence-electron chi connectivity index (χ0n) is 15.8. The van der Waals surface area contributed by atoms with E-state index in [1.807, 2.05) is 25.1 Å². The zero-order chi connectivity index (χ0) is 20.4. The number of carbonyl (C=O) groups excluding carboxylic acids is 1. The maximum Gasteiger partial charge on any atom is 0.282 e. The second-order valence-corrected chi connectivity index (χ2v) is 6.63. The molecule has 1 N–H and O–H groups in total. The van der Waals surface area contributed by atoms with Crippen LogP contribution >= 0.6 is 0 Å². The molecule has 0 spiro atoms. The molecule has 4 rings (SSSR count). The smallest absolute Gasteiger partial charge is 0.282 e. The van der Waals surface area contributed by atoms with Gasteiger partial charge in [-0.25, -0.2) is 4.39 Å². The van der Waals surface area contributed by atoms with Gasteiger partial charge in [-0.3, -0.25) is 9.59 Å². The number of benzene rings is 2. The number of halogens is 1. The number of amides is 1. The van der Waals surface area contributed by atoms with Crippen LogP contribution in [0.15, 0.2) is 71.8 Å². The number of hydrogen-bond donors (Lipinski definition) is 1. The van der Waals surface area contributed by atoms with E-state index in [1.165, 1.54) is 16.8 Å². The fourth-order valence-corrected chi connectivity index (χ4v) is 3.13. The van der Waals surface area contributed by atoms with Gasteiger partial charge in [0, 0.05) is 25.5 Å². The SMILES string of the molecule is CCn1cc(C(=O)NCc2ccc(F)cc2)c2nn(-c3ccccc3)c(=O)c-2c1. The molecule has 2 aliphatic heterocycles. The summed E-state index contributed by atoms with van der Waals surface area (Å²) in [5.74, 6) is -0.678. The molecule has 0 aromatic heterocycles. The molecule has 2 heterocycles. The van der Waals surface area contributed by atoms with E-state index in [1.54, 1.807) is 41.2 Å². The summed E-state index contributed by atoms with van der Waals surface area (Å²) in [6.45, 7) is 2.77. The molecular weight excluding hydrogens is 371 g/mol. The van der Waals surface area contributed by atoms with Crippen molar-refractivity contribution in [1.29, 1.82) is 0 Å². The molecular formula is C22H19FN4O2. The predicted octanol–water partition coefficient (Wildman–Crippen LogP) is 3.23. The van der Waals surface area contributed by atoms with Crippen LogP contribution in [0.3, 0.4) is 0 Å². The van der Waals surface area contributed by atoms with E-state index in [4.69, 9.17) is 0 Å². The Morgan fingerprint density at radius 1 is 1.07 bits per heavy atom. The van der Waals surface area contributed by atoms with Crippen molar-refractivity contribution in [2.75, 3.05) is 0 Å². The first-order chi connectivity index (χ1) is 14.1. The lowest BCUT2D eigenvalue weighted by Gasteiger charge is -2.11. The molecule has 0 atom stereocenters. The Bertz CT molecular complexity index is 1180. The first-order valence-electron chi connectivity index (χ1n) is 9.27. The van der Waals surface area contributed by atoms with Gasteiger partial charge in [0.25, 0.3) is 11.5 Å². The van der Waals surface area contributed by atoms with Crippen LogP contribution in [0.4, 0.5) is 4.39 Å². The van der Waals surface area contributed by atoms with E-state index < -0.39 is 0 Å². The van der Waals surface area contributed by atoms with Gasteiger partial charge in [-0.2, -0.15) is 9.78 Å². The summed E-state index contributed by atoms with van der Waals surface area (Å²) in [5, 5.41) is 7.25. The van der Waals surface area contributed by atoms with E-state index in [2.05, 4.69) is 10.4 Å².